The van der Waals surface area contributed by atoms with Gasteiger partial charge in [-0.15, -0.1) is 0 Å². The molecule has 3 aromatic rings. The van der Waals surface area contributed by atoms with E-state index in [2.05, 4.69) is 23.6 Å². The monoisotopic (exact) mass is 318 g/mol. The first kappa shape index (κ1) is 15.8. The van der Waals surface area contributed by atoms with Crippen molar-refractivity contribution in [1.29, 1.82) is 5.26 Å². The number of benzene rings is 2. The molecular formula is C20H18N2O2. The van der Waals surface area contributed by atoms with Crippen LogP contribution in [-0.2, 0) is 16.1 Å². The maximum atomic E-state index is 11.8. The van der Waals surface area contributed by atoms with Gasteiger partial charge in [-0.3, -0.25) is 0 Å². The van der Waals surface area contributed by atoms with Crippen molar-refractivity contribution in [2.75, 3.05) is 6.61 Å². The van der Waals surface area contributed by atoms with Gasteiger partial charge in [0.25, 0.3) is 0 Å². The lowest BCUT2D eigenvalue weighted by Crippen LogP contribution is -2.05. The largest absolute Gasteiger partial charge is 0.462 e. The molecule has 0 amide bonds. The summed E-state index contributed by atoms with van der Waals surface area (Å²) in [6.45, 7) is 4.97. The number of para-hydroxylation sites is 1. The molecule has 3 rings (SSSR count). The van der Waals surface area contributed by atoms with Gasteiger partial charge in [-0.2, -0.15) is 5.26 Å². The van der Waals surface area contributed by atoms with Gasteiger partial charge in [-0.05, 0) is 43.7 Å². The van der Waals surface area contributed by atoms with Crippen LogP contribution in [0.5, 0.6) is 0 Å². The minimum absolute atomic E-state index is 0.00966. The SMILES string of the molecule is CCOC(=O)/C(C#N)=C/c1ccc2c(c1)c1ccccc1n2CC. The van der Waals surface area contributed by atoms with Crippen molar-refractivity contribution in [3.05, 3.63) is 53.6 Å². The predicted molar refractivity (Wildman–Crippen MR) is 95.3 cm³/mol. The lowest BCUT2D eigenvalue weighted by atomic mass is 10.1. The van der Waals surface area contributed by atoms with Gasteiger partial charge in [0.2, 0.25) is 0 Å². The quantitative estimate of drug-likeness (QED) is 0.410. The average molecular weight is 318 g/mol. The van der Waals surface area contributed by atoms with Crippen molar-refractivity contribution < 1.29 is 9.53 Å². The third kappa shape index (κ3) is 2.65. The number of aryl methyl sites for hydroxylation is 1. The number of nitrogens with zero attached hydrogens (tertiary/aromatic N) is 2. The molecule has 2 aromatic carbocycles. The normalized spacial score (nSPS) is 11.6. The first-order valence-corrected chi connectivity index (χ1v) is 7.99. The van der Waals surface area contributed by atoms with Crippen LogP contribution in [0.3, 0.4) is 0 Å². The molecule has 0 unspecified atom stereocenters. The number of carbonyl (C=O) groups excluding carboxylic acids is 1. The molecule has 1 heterocycles. The molecule has 0 spiro atoms. The Morgan fingerprint density at radius 2 is 1.92 bits per heavy atom. The molecule has 120 valence electrons. The van der Waals surface area contributed by atoms with Crippen LogP contribution in [0.15, 0.2) is 48.0 Å². The van der Waals surface area contributed by atoms with Crippen LogP contribution in [0.4, 0.5) is 0 Å². The number of fused-ring (bicyclic) bond motifs is 3. The minimum Gasteiger partial charge on any atom is -0.462 e. The number of hydrogen-bond acceptors (Lipinski definition) is 3. The van der Waals surface area contributed by atoms with Crippen molar-refractivity contribution in [3.8, 4) is 6.07 Å². The molecule has 0 aliphatic rings. The first-order valence-electron chi connectivity index (χ1n) is 7.99. The molecular weight excluding hydrogens is 300 g/mol. The van der Waals surface area contributed by atoms with Crippen LogP contribution in [-0.4, -0.2) is 17.1 Å². The van der Waals surface area contributed by atoms with Gasteiger partial charge in [0.05, 0.1) is 6.61 Å². The lowest BCUT2D eigenvalue weighted by Gasteiger charge is -2.03. The van der Waals surface area contributed by atoms with E-state index in [4.69, 9.17) is 4.74 Å². The molecule has 24 heavy (non-hydrogen) atoms. The highest BCUT2D eigenvalue weighted by Gasteiger charge is 2.12. The molecule has 0 saturated carbocycles. The summed E-state index contributed by atoms with van der Waals surface area (Å²) < 4.78 is 7.17. The van der Waals surface area contributed by atoms with Crippen molar-refractivity contribution in [2.24, 2.45) is 0 Å². The van der Waals surface area contributed by atoms with Gasteiger partial charge < -0.3 is 9.30 Å². The van der Waals surface area contributed by atoms with Gasteiger partial charge in [-0.1, -0.05) is 24.3 Å². The van der Waals surface area contributed by atoms with Crippen LogP contribution < -0.4 is 0 Å². The maximum absolute atomic E-state index is 11.8. The summed E-state index contributed by atoms with van der Waals surface area (Å²) in [6, 6.07) is 16.1. The summed E-state index contributed by atoms with van der Waals surface area (Å²) in [4.78, 5) is 11.8. The molecule has 0 radical (unpaired) electrons. The second kappa shape index (κ2) is 6.59. The van der Waals surface area contributed by atoms with Gasteiger partial charge in [0.15, 0.2) is 0 Å². The van der Waals surface area contributed by atoms with Gasteiger partial charge >= 0.3 is 5.97 Å². The smallest absolute Gasteiger partial charge is 0.348 e. The lowest BCUT2D eigenvalue weighted by molar-refractivity contribution is -0.137. The number of carbonyl (C=O) groups is 1. The number of rotatable bonds is 4. The third-order valence-corrected chi connectivity index (χ3v) is 4.04. The van der Waals surface area contributed by atoms with E-state index in [1.165, 1.54) is 10.9 Å². The third-order valence-electron chi connectivity index (χ3n) is 4.04. The zero-order chi connectivity index (χ0) is 17.1. The maximum Gasteiger partial charge on any atom is 0.348 e. The Bertz CT molecular complexity index is 990. The number of ether oxygens (including phenoxy) is 1. The second-order valence-corrected chi connectivity index (χ2v) is 5.43. The molecule has 4 nitrogen and oxygen atoms in total. The van der Waals surface area contributed by atoms with E-state index in [1.54, 1.807) is 13.0 Å². The zero-order valence-electron chi connectivity index (χ0n) is 13.7. The Balaban J connectivity index is 2.17. The highest BCUT2D eigenvalue weighted by molar-refractivity contribution is 6.09. The Morgan fingerprint density at radius 3 is 2.62 bits per heavy atom. The van der Waals surface area contributed by atoms with E-state index >= 15 is 0 Å². The van der Waals surface area contributed by atoms with E-state index in [0.717, 1.165) is 23.0 Å². The summed E-state index contributed by atoms with van der Waals surface area (Å²) in [6.07, 6.45) is 1.58. The summed E-state index contributed by atoms with van der Waals surface area (Å²) >= 11 is 0. The average Bonchev–Trinajstić information content (AvgIpc) is 2.93. The van der Waals surface area contributed by atoms with Crippen LogP contribution in [0.1, 0.15) is 19.4 Å². The molecule has 0 bridgehead atoms. The summed E-state index contributed by atoms with van der Waals surface area (Å²) in [7, 11) is 0. The van der Waals surface area contributed by atoms with Crippen LogP contribution in [0.2, 0.25) is 0 Å². The Kier molecular flexibility index (Phi) is 4.35. The Hall–Kier alpha value is -3.06. The second-order valence-electron chi connectivity index (χ2n) is 5.43. The van der Waals surface area contributed by atoms with Crippen molar-refractivity contribution in [2.45, 2.75) is 20.4 Å². The fraction of sp³-hybridized carbons (Fsp3) is 0.200. The summed E-state index contributed by atoms with van der Waals surface area (Å²) in [5.41, 5.74) is 3.15. The van der Waals surface area contributed by atoms with E-state index in [-0.39, 0.29) is 12.2 Å². The molecule has 0 saturated heterocycles. The van der Waals surface area contributed by atoms with E-state index in [0.29, 0.717) is 0 Å². The van der Waals surface area contributed by atoms with Gasteiger partial charge in [0.1, 0.15) is 11.6 Å². The Morgan fingerprint density at radius 1 is 1.17 bits per heavy atom. The molecule has 1 aromatic heterocycles. The number of aromatic nitrogens is 1. The highest BCUT2D eigenvalue weighted by atomic mass is 16.5. The summed E-state index contributed by atoms with van der Waals surface area (Å²) in [5, 5.41) is 11.5. The van der Waals surface area contributed by atoms with Crippen molar-refractivity contribution in [1.82, 2.24) is 4.57 Å². The fourth-order valence-electron chi connectivity index (χ4n) is 3.01. The number of esters is 1. The first-order chi connectivity index (χ1) is 11.7. The predicted octanol–water partition coefficient (Wildman–Crippen LogP) is 4.28. The molecule has 0 aliphatic heterocycles. The molecule has 0 N–H and O–H groups in total. The fourth-order valence-corrected chi connectivity index (χ4v) is 3.01. The van der Waals surface area contributed by atoms with Crippen LogP contribution in [0.25, 0.3) is 27.9 Å². The van der Waals surface area contributed by atoms with E-state index in [9.17, 15) is 10.1 Å². The molecule has 4 heteroatoms. The van der Waals surface area contributed by atoms with Crippen molar-refractivity contribution >= 4 is 33.9 Å². The molecule has 0 aliphatic carbocycles. The number of hydrogen-bond donors (Lipinski definition) is 0. The van der Waals surface area contributed by atoms with E-state index < -0.39 is 5.97 Å². The topological polar surface area (TPSA) is 55.0 Å². The molecule has 0 fully saturated rings. The standard InChI is InChI=1S/C20H18N2O2/c1-3-22-18-8-6-5-7-16(18)17-12-14(9-10-19(17)22)11-15(13-21)20(23)24-4-2/h5-12H,3-4H2,1-2H3/b15-11+. The molecule has 0 atom stereocenters. The van der Waals surface area contributed by atoms with Gasteiger partial charge in [-0.25, -0.2) is 4.79 Å². The van der Waals surface area contributed by atoms with Crippen molar-refractivity contribution in [3.63, 3.8) is 0 Å². The van der Waals surface area contributed by atoms with Crippen LogP contribution in [0, 0.1) is 11.3 Å². The summed E-state index contributed by atoms with van der Waals surface area (Å²) in [5.74, 6) is -0.587. The van der Waals surface area contributed by atoms with Gasteiger partial charge in [0, 0.05) is 28.4 Å². The van der Waals surface area contributed by atoms with Crippen LogP contribution >= 0.6 is 0 Å². The Labute approximate surface area is 140 Å². The minimum atomic E-state index is -0.587. The highest BCUT2D eigenvalue weighted by Crippen LogP contribution is 2.30. The number of nitriles is 1. The zero-order valence-corrected chi connectivity index (χ0v) is 13.7. The van der Waals surface area contributed by atoms with E-state index in [1.807, 2.05) is 36.4 Å².